The van der Waals surface area contributed by atoms with Crippen molar-refractivity contribution in [1.82, 2.24) is 9.21 Å². The van der Waals surface area contributed by atoms with E-state index in [1.54, 1.807) is 12.1 Å². The van der Waals surface area contributed by atoms with E-state index >= 15 is 0 Å². The molecule has 1 fully saturated rings. The summed E-state index contributed by atoms with van der Waals surface area (Å²) in [4.78, 5) is 12.6. The van der Waals surface area contributed by atoms with Gasteiger partial charge in [0.15, 0.2) is 0 Å². The number of hydrogen-bond donors (Lipinski definition) is 0. The number of nitro benzene ring substituents is 1. The fourth-order valence-corrected chi connectivity index (χ4v) is 4.93. The zero-order valence-corrected chi connectivity index (χ0v) is 17.4. The lowest BCUT2D eigenvalue weighted by Crippen LogP contribution is -2.39. The van der Waals surface area contributed by atoms with Crippen LogP contribution in [0.15, 0.2) is 53.4 Å². The minimum atomic E-state index is -3.79. The van der Waals surface area contributed by atoms with Gasteiger partial charge in [0.25, 0.3) is 5.69 Å². The predicted molar refractivity (Wildman–Crippen MR) is 112 cm³/mol. The van der Waals surface area contributed by atoms with Gasteiger partial charge in [0.1, 0.15) is 0 Å². The van der Waals surface area contributed by atoms with E-state index in [0.29, 0.717) is 31.6 Å². The Morgan fingerprint density at radius 2 is 1.67 bits per heavy atom. The molecule has 0 amide bonds. The number of benzene rings is 2. The number of nitriles is 1. The number of non-ortho nitro benzene ring substituents is 1. The van der Waals surface area contributed by atoms with Gasteiger partial charge in [0, 0.05) is 31.8 Å². The van der Waals surface area contributed by atoms with Crippen molar-refractivity contribution in [2.24, 2.45) is 0 Å². The highest BCUT2D eigenvalue weighted by Crippen LogP contribution is 2.20. The number of sulfonamides is 1. The highest BCUT2D eigenvalue weighted by Gasteiger charge is 2.26. The number of hydrogen-bond acceptors (Lipinski definition) is 6. The zero-order valence-electron chi connectivity index (χ0n) is 16.6. The molecule has 0 aromatic heterocycles. The lowest BCUT2D eigenvalue weighted by Gasteiger charge is -2.25. The second-order valence-corrected chi connectivity index (χ2v) is 9.20. The summed E-state index contributed by atoms with van der Waals surface area (Å²) in [6, 6.07) is 14.2. The molecule has 158 valence electrons. The molecule has 0 aliphatic carbocycles. The van der Waals surface area contributed by atoms with Gasteiger partial charge in [-0.05, 0) is 62.2 Å². The summed E-state index contributed by atoms with van der Waals surface area (Å²) in [5, 5.41) is 19.8. The van der Waals surface area contributed by atoms with Crippen LogP contribution in [-0.2, 0) is 16.4 Å². The first-order valence-electron chi connectivity index (χ1n) is 9.86. The highest BCUT2D eigenvalue weighted by atomic mass is 32.2. The van der Waals surface area contributed by atoms with Gasteiger partial charge in [-0.15, -0.1) is 0 Å². The second-order valence-electron chi connectivity index (χ2n) is 7.26. The van der Waals surface area contributed by atoms with Crippen LogP contribution in [0.4, 0.5) is 5.69 Å². The molecule has 0 unspecified atom stereocenters. The van der Waals surface area contributed by atoms with E-state index in [0.717, 1.165) is 31.5 Å². The second kappa shape index (κ2) is 9.80. The van der Waals surface area contributed by atoms with Gasteiger partial charge in [-0.1, -0.05) is 12.1 Å². The Morgan fingerprint density at radius 3 is 2.23 bits per heavy atom. The van der Waals surface area contributed by atoms with E-state index < -0.39 is 14.9 Å². The fraction of sp³-hybridized carbons (Fsp3) is 0.381. The first-order chi connectivity index (χ1) is 14.4. The summed E-state index contributed by atoms with van der Waals surface area (Å²) >= 11 is 0. The Morgan fingerprint density at radius 1 is 1.03 bits per heavy atom. The van der Waals surface area contributed by atoms with Gasteiger partial charge in [-0.2, -0.15) is 9.57 Å². The summed E-state index contributed by atoms with van der Waals surface area (Å²) in [7, 11) is -3.79. The van der Waals surface area contributed by atoms with E-state index in [9.17, 15) is 18.5 Å². The molecule has 0 spiro atoms. The van der Waals surface area contributed by atoms with Gasteiger partial charge in [0.2, 0.25) is 10.0 Å². The molecule has 2 aromatic rings. The zero-order chi connectivity index (χ0) is 21.6. The molecule has 9 heteroatoms. The Labute approximate surface area is 176 Å². The molecule has 0 N–H and O–H groups in total. The van der Waals surface area contributed by atoms with Gasteiger partial charge >= 0.3 is 0 Å². The van der Waals surface area contributed by atoms with E-state index in [2.05, 4.69) is 11.0 Å². The van der Waals surface area contributed by atoms with E-state index in [1.165, 1.54) is 28.6 Å². The summed E-state index contributed by atoms with van der Waals surface area (Å²) in [5.74, 6) is 0. The van der Waals surface area contributed by atoms with Crippen LogP contribution in [0.3, 0.4) is 0 Å². The third-order valence-electron chi connectivity index (χ3n) is 5.28. The molecule has 30 heavy (non-hydrogen) atoms. The maximum absolute atomic E-state index is 13.2. The Bertz CT molecular complexity index is 1010. The highest BCUT2D eigenvalue weighted by molar-refractivity contribution is 7.89. The van der Waals surface area contributed by atoms with Crippen molar-refractivity contribution in [1.29, 1.82) is 5.26 Å². The van der Waals surface area contributed by atoms with Gasteiger partial charge in [-0.25, -0.2) is 8.42 Å². The van der Waals surface area contributed by atoms with Gasteiger partial charge in [0.05, 0.1) is 21.5 Å². The van der Waals surface area contributed by atoms with E-state index in [1.807, 2.05) is 12.1 Å². The molecule has 1 aliphatic heterocycles. The van der Waals surface area contributed by atoms with Crippen molar-refractivity contribution < 1.29 is 13.3 Å². The molecule has 0 saturated carbocycles. The molecule has 1 saturated heterocycles. The molecule has 0 bridgehead atoms. The van der Waals surface area contributed by atoms with Gasteiger partial charge in [-0.3, -0.25) is 10.1 Å². The molecule has 8 nitrogen and oxygen atoms in total. The Hall–Kier alpha value is -2.80. The van der Waals surface area contributed by atoms with Crippen LogP contribution < -0.4 is 0 Å². The van der Waals surface area contributed by atoms with Gasteiger partial charge < -0.3 is 4.90 Å². The van der Waals surface area contributed by atoms with Crippen molar-refractivity contribution in [2.45, 2.75) is 24.2 Å². The average molecular weight is 429 g/mol. The number of rotatable bonds is 9. The molecule has 2 aromatic carbocycles. The predicted octanol–water partition coefficient (Wildman–Crippen LogP) is 2.80. The van der Waals surface area contributed by atoms with Crippen LogP contribution in [-0.4, -0.2) is 55.3 Å². The maximum atomic E-state index is 13.2. The lowest BCUT2D eigenvalue weighted by molar-refractivity contribution is -0.384. The van der Waals surface area contributed by atoms with Crippen molar-refractivity contribution >= 4 is 15.7 Å². The molecular weight excluding hydrogens is 404 g/mol. The SMILES string of the molecule is N#Cc1ccc(CCN(CCN2CCCC2)S(=O)(=O)c2ccc([N+](=O)[O-])cc2)cc1. The number of nitrogens with zero attached hydrogens (tertiary/aromatic N) is 4. The van der Waals surface area contributed by atoms with Crippen LogP contribution in [0, 0.1) is 21.4 Å². The van der Waals surface area contributed by atoms with Crippen molar-refractivity contribution in [3.05, 3.63) is 69.8 Å². The summed E-state index contributed by atoms with van der Waals surface area (Å²) in [5.41, 5.74) is 1.36. The van der Waals surface area contributed by atoms with Crippen LogP contribution in [0.2, 0.25) is 0 Å². The van der Waals surface area contributed by atoms with Crippen molar-refractivity contribution in [3.8, 4) is 6.07 Å². The van der Waals surface area contributed by atoms with Crippen molar-refractivity contribution in [2.75, 3.05) is 32.7 Å². The summed E-state index contributed by atoms with van der Waals surface area (Å²) in [6.45, 7) is 3.25. The first-order valence-corrected chi connectivity index (χ1v) is 11.3. The quantitative estimate of drug-likeness (QED) is 0.449. The summed E-state index contributed by atoms with van der Waals surface area (Å²) < 4.78 is 27.9. The average Bonchev–Trinajstić information content (AvgIpc) is 3.27. The first kappa shape index (κ1) is 21.9. The van der Waals surface area contributed by atoms with Crippen LogP contribution in [0.1, 0.15) is 24.0 Å². The smallest absolute Gasteiger partial charge is 0.269 e. The molecule has 0 radical (unpaired) electrons. The Kier molecular flexibility index (Phi) is 7.15. The number of likely N-dealkylation sites (tertiary alicyclic amines) is 1. The van der Waals surface area contributed by atoms with Crippen molar-refractivity contribution in [3.63, 3.8) is 0 Å². The minimum absolute atomic E-state index is 0.0503. The summed E-state index contributed by atoms with van der Waals surface area (Å²) in [6.07, 6.45) is 2.76. The molecular formula is C21H24N4O4S. The minimum Gasteiger partial charge on any atom is -0.302 e. The van der Waals surface area contributed by atoms with Crippen LogP contribution in [0.25, 0.3) is 0 Å². The number of nitro groups is 1. The third kappa shape index (κ3) is 5.42. The molecule has 3 rings (SSSR count). The topological polar surface area (TPSA) is 108 Å². The van der Waals surface area contributed by atoms with Crippen LogP contribution >= 0.6 is 0 Å². The monoisotopic (exact) mass is 428 g/mol. The normalized spacial score (nSPS) is 14.7. The fourth-order valence-electron chi connectivity index (χ4n) is 3.50. The molecule has 1 aliphatic rings. The van der Waals surface area contributed by atoms with E-state index in [-0.39, 0.29) is 10.6 Å². The lowest BCUT2D eigenvalue weighted by atomic mass is 10.1. The third-order valence-corrected chi connectivity index (χ3v) is 7.20. The van der Waals surface area contributed by atoms with E-state index in [4.69, 9.17) is 5.26 Å². The standard InChI is InChI=1S/C21H24N4O4S/c22-17-19-5-3-18(4-6-19)11-14-24(16-15-23-12-1-2-13-23)30(28,29)21-9-7-20(8-10-21)25(26)27/h3-10H,1-2,11-16H2. The van der Waals surface area contributed by atoms with Crippen LogP contribution in [0.5, 0.6) is 0 Å². The largest absolute Gasteiger partial charge is 0.302 e. The molecule has 1 heterocycles. The molecule has 0 atom stereocenters. The maximum Gasteiger partial charge on any atom is 0.269 e. The Balaban J connectivity index is 1.77.